The molecule has 0 aliphatic heterocycles. The topological polar surface area (TPSA) is 64.4 Å². The van der Waals surface area contributed by atoms with Crippen molar-refractivity contribution in [2.45, 2.75) is 19.4 Å². The monoisotopic (exact) mass is 236 g/mol. The molecule has 94 valence electrons. The number of methoxy groups -OCH3 is 1. The number of carbonyl (C=O) groups is 1. The van der Waals surface area contributed by atoms with Crippen LogP contribution < -0.4 is 11.1 Å². The summed E-state index contributed by atoms with van der Waals surface area (Å²) < 4.78 is 4.99. The lowest BCUT2D eigenvalue weighted by molar-refractivity contribution is 0.0899. The lowest BCUT2D eigenvalue weighted by Crippen LogP contribution is -2.43. The summed E-state index contributed by atoms with van der Waals surface area (Å²) >= 11 is 0. The number of benzene rings is 1. The average Bonchev–Trinajstić information content (AvgIpc) is 2.38. The molecule has 0 aliphatic carbocycles. The van der Waals surface area contributed by atoms with Gasteiger partial charge in [-0.05, 0) is 18.1 Å². The fraction of sp³-hybridized carbons (Fsp3) is 0.462. The first-order chi connectivity index (χ1) is 8.22. The molecular formula is C13H20N2O2. The van der Waals surface area contributed by atoms with Crippen molar-refractivity contribution in [1.29, 1.82) is 0 Å². The van der Waals surface area contributed by atoms with E-state index in [0.717, 1.165) is 12.0 Å². The summed E-state index contributed by atoms with van der Waals surface area (Å²) in [5.41, 5.74) is 7.31. The number of nitrogens with two attached hydrogens (primary N) is 1. The maximum absolute atomic E-state index is 12.0. The van der Waals surface area contributed by atoms with Gasteiger partial charge < -0.3 is 15.8 Å². The molecule has 4 nitrogen and oxygen atoms in total. The van der Waals surface area contributed by atoms with Crippen molar-refractivity contribution in [3.05, 3.63) is 35.4 Å². The molecule has 4 heteroatoms. The van der Waals surface area contributed by atoms with Crippen LogP contribution in [0.25, 0.3) is 0 Å². The van der Waals surface area contributed by atoms with E-state index in [1.165, 1.54) is 0 Å². The Morgan fingerprint density at radius 3 is 2.76 bits per heavy atom. The molecule has 3 N–H and O–H groups in total. The Bertz CT molecular complexity index is 366. The van der Waals surface area contributed by atoms with Crippen molar-refractivity contribution >= 4 is 5.91 Å². The maximum Gasteiger partial charge on any atom is 0.251 e. The summed E-state index contributed by atoms with van der Waals surface area (Å²) in [7, 11) is 1.59. The second kappa shape index (κ2) is 7.04. The summed E-state index contributed by atoms with van der Waals surface area (Å²) in [6.07, 6.45) is 0.834. The van der Waals surface area contributed by atoms with Gasteiger partial charge in [-0.2, -0.15) is 0 Å². The van der Waals surface area contributed by atoms with Crippen LogP contribution in [0.2, 0.25) is 0 Å². The van der Waals surface area contributed by atoms with Gasteiger partial charge in [0.25, 0.3) is 5.91 Å². The van der Waals surface area contributed by atoms with Crippen LogP contribution in [0.5, 0.6) is 0 Å². The number of aryl methyl sites for hydroxylation is 1. The maximum atomic E-state index is 12.0. The SMILES string of the molecule is CCc1ccccc1C(=O)NC(CN)COC. The van der Waals surface area contributed by atoms with E-state index in [9.17, 15) is 4.79 Å². The van der Waals surface area contributed by atoms with Gasteiger partial charge in [-0.15, -0.1) is 0 Å². The molecule has 0 spiro atoms. The van der Waals surface area contributed by atoms with E-state index in [2.05, 4.69) is 5.32 Å². The van der Waals surface area contributed by atoms with Crippen molar-refractivity contribution in [3.63, 3.8) is 0 Å². The van der Waals surface area contributed by atoms with Gasteiger partial charge in [-0.1, -0.05) is 25.1 Å². The highest BCUT2D eigenvalue weighted by atomic mass is 16.5. The van der Waals surface area contributed by atoms with Gasteiger partial charge in [0.2, 0.25) is 0 Å². The van der Waals surface area contributed by atoms with E-state index in [0.29, 0.717) is 18.7 Å². The molecule has 0 saturated heterocycles. The van der Waals surface area contributed by atoms with Gasteiger partial charge in [0.1, 0.15) is 0 Å². The van der Waals surface area contributed by atoms with Crippen molar-refractivity contribution < 1.29 is 9.53 Å². The minimum Gasteiger partial charge on any atom is -0.383 e. The first-order valence-electron chi connectivity index (χ1n) is 5.80. The first-order valence-corrected chi connectivity index (χ1v) is 5.80. The smallest absolute Gasteiger partial charge is 0.251 e. The van der Waals surface area contributed by atoms with E-state index in [1.54, 1.807) is 7.11 Å². The molecule has 1 aromatic carbocycles. The lowest BCUT2D eigenvalue weighted by Gasteiger charge is -2.16. The summed E-state index contributed by atoms with van der Waals surface area (Å²) in [6.45, 7) is 2.83. The van der Waals surface area contributed by atoms with Crippen LogP contribution in [0, 0.1) is 0 Å². The fourth-order valence-electron chi connectivity index (χ4n) is 1.68. The Labute approximate surface area is 102 Å². The van der Waals surface area contributed by atoms with Crippen LogP contribution >= 0.6 is 0 Å². The number of rotatable bonds is 6. The van der Waals surface area contributed by atoms with E-state index in [1.807, 2.05) is 31.2 Å². The zero-order valence-corrected chi connectivity index (χ0v) is 10.4. The molecule has 0 fully saturated rings. The molecule has 0 aliphatic rings. The number of hydrogen-bond acceptors (Lipinski definition) is 3. The van der Waals surface area contributed by atoms with Crippen LogP contribution in [0.4, 0.5) is 0 Å². The van der Waals surface area contributed by atoms with Crippen molar-refractivity contribution in [1.82, 2.24) is 5.32 Å². The fourth-order valence-corrected chi connectivity index (χ4v) is 1.68. The minimum absolute atomic E-state index is 0.0880. The van der Waals surface area contributed by atoms with Crippen LogP contribution in [0.1, 0.15) is 22.8 Å². The van der Waals surface area contributed by atoms with Crippen molar-refractivity contribution in [2.75, 3.05) is 20.3 Å². The molecule has 0 bridgehead atoms. The van der Waals surface area contributed by atoms with Crippen LogP contribution in [-0.2, 0) is 11.2 Å². The van der Waals surface area contributed by atoms with Gasteiger partial charge in [0.05, 0.1) is 12.6 Å². The van der Waals surface area contributed by atoms with Gasteiger partial charge in [0, 0.05) is 19.2 Å². The van der Waals surface area contributed by atoms with Gasteiger partial charge >= 0.3 is 0 Å². The third-order valence-corrected chi connectivity index (χ3v) is 2.63. The Kier molecular flexibility index (Phi) is 5.66. The van der Waals surface area contributed by atoms with Crippen molar-refractivity contribution in [2.24, 2.45) is 5.73 Å². The van der Waals surface area contributed by atoms with E-state index >= 15 is 0 Å². The highest BCUT2D eigenvalue weighted by Crippen LogP contribution is 2.09. The highest BCUT2D eigenvalue weighted by Gasteiger charge is 2.14. The molecular weight excluding hydrogens is 216 g/mol. The highest BCUT2D eigenvalue weighted by molar-refractivity contribution is 5.95. The molecule has 0 radical (unpaired) electrons. The quantitative estimate of drug-likeness (QED) is 0.773. The minimum atomic E-state index is -0.141. The molecule has 1 atom stereocenters. The summed E-state index contributed by atoms with van der Waals surface area (Å²) in [4.78, 5) is 12.0. The number of ether oxygens (including phenoxy) is 1. The Balaban J connectivity index is 2.75. The number of carbonyl (C=O) groups excluding carboxylic acids is 1. The average molecular weight is 236 g/mol. The van der Waals surface area contributed by atoms with E-state index in [4.69, 9.17) is 10.5 Å². The normalized spacial score (nSPS) is 12.2. The number of hydrogen-bond donors (Lipinski definition) is 2. The third kappa shape index (κ3) is 3.84. The molecule has 1 amide bonds. The molecule has 1 rings (SSSR count). The first kappa shape index (κ1) is 13.7. The second-order valence-corrected chi connectivity index (χ2v) is 3.87. The largest absolute Gasteiger partial charge is 0.383 e. The lowest BCUT2D eigenvalue weighted by atomic mass is 10.0. The molecule has 0 saturated carbocycles. The Morgan fingerprint density at radius 2 is 2.18 bits per heavy atom. The molecule has 0 aromatic heterocycles. The van der Waals surface area contributed by atoms with Crippen LogP contribution in [0.3, 0.4) is 0 Å². The third-order valence-electron chi connectivity index (χ3n) is 2.63. The van der Waals surface area contributed by atoms with E-state index in [-0.39, 0.29) is 11.9 Å². The molecule has 1 aromatic rings. The predicted molar refractivity (Wildman–Crippen MR) is 68.0 cm³/mol. The molecule has 0 heterocycles. The summed E-state index contributed by atoms with van der Waals surface area (Å²) in [5, 5.41) is 2.87. The number of amides is 1. The summed E-state index contributed by atoms with van der Waals surface area (Å²) in [6, 6.07) is 7.45. The Morgan fingerprint density at radius 1 is 1.47 bits per heavy atom. The zero-order valence-electron chi connectivity index (χ0n) is 10.4. The second-order valence-electron chi connectivity index (χ2n) is 3.87. The van der Waals surface area contributed by atoms with Crippen LogP contribution in [-0.4, -0.2) is 32.2 Å². The molecule has 17 heavy (non-hydrogen) atoms. The Hall–Kier alpha value is -1.39. The zero-order chi connectivity index (χ0) is 12.7. The van der Waals surface area contributed by atoms with Gasteiger partial charge in [-0.25, -0.2) is 0 Å². The van der Waals surface area contributed by atoms with Crippen LogP contribution in [0.15, 0.2) is 24.3 Å². The number of nitrogens with one attached hydrogen (secondary N) is 1. The predicted octanol–water partition coefficient (Wildman–Crippen LogP) is 0.953. The van der Waals surface area contributed by atoms with Gasteiger partial charge in [0.15, 0.2) is 0 Å². The standard InChI is InChI=1S/C13H20N2O2/c1-3-10-6-4-5-7-12(10)13(16)15-11(8-14)9-17-2/h4-7,11H,3,8-9,14H2,1-2H3,(H,15,16). The summed E-state index contributed by atoms with van der Waals surface area (Å²) in [5.74, 6) is -0.0880. The molecule has 1 unspecified atom stereocenters. The van der Waals surface area contributed by atoms with Crippen molar-refractivity contribution in [3.8, 4) is 0 Å². The van der Waals surface area contributed by atoms with Gasteiger partial charge in [-0.3, -0.25) is 4.79 Å². The van der Waals surface area contributed by atoms with E-state index < -0.39 is 0 Å².